The molecule has 2 aromatic carbocycles. The zero-order valence-electron chi connectivity index (χ0n) is 17.4. The molecule has 0 unspecified atom stereocenters. The summed E-state index contributed by atoms with van der Waals surface area (Å²) in [5.74, 6) is -0.149. The summed E-state index contributed by atoms with van der Waals surface area (Å²) in [6.07, 6.45) is 0. The minimum atomic E-state index is -0.114. The first-order valence-electron chi connectivity index (χ1n) is 9.55. The van der Waals surface area contributed by atoms with Crippen LogP contribution < -0.4 is 11.1 Å². The van der Waals surface area contributed by atoms with Crippen LogP contribution in [0.4, 0.5) is 0 Å². The first-order valence-corrected chi connectivity index (χ1v) is 10.1. The van der Waals surface area contributed by atoms with E-state index in [0.29, 0.717) is 11.1 Å². The van der Waals surface area contributed by atoms with Crippen molar-refractivity contribution in [2.75, 3.05) is 5.88 Å². The number of fused-ring (bicyclic) bond motifs is 2. The van der Waals surface area contributed by atoms with E-state index in [2.05, 4.69) is 9.97 Å². The number of halogens is 1. The molecular weight excluding hydrogens is 400 g/mol. The Kier molecular flexibility index (Phi) is 6.22. The molecule has 0 atom stereocenters. The first-order chi connectivity index (χ1) is 14.2. The molecule has 0 aliphatic heterocycles. The molecule has 0 aliphatic carbocycles. The quantitative estimate of drug-likeness (QED) is 0.362. The van der Waals surface area contributed by atoms with Gasteiger partial charge >= 0.3 is 0 Å². The SMILES string of the molecule is Cc1c(C)c2cc(C(=O)CCl)ccc2[nH]c1=O.Cc1c(C)c2ccccc2[nH]c1=O. The van der Waals surface area contributed by atoms with Gasteiger partial charge in [-0.15, -0.1) is 11.6 Å². The zero-order valence-corrected chi connectivity index (χ0v) is 18.1. The number of rotatable bonds is 2. The van der Waals surface area contributed by atoms with Crippen molar-refractivity contribution in [1.29, 1.82) is 0 Å². The van der Waals surface area contributed by atoms with Crippen molar-refractivity contribution in [3.63, 3.8) is 0 Å². The Hall–Kier alpha value is -3.18. The molecule has 30 heavy (non-hydrogen) atoms. The van der Waals surface area contributed by atoms with E-state index in [0.717, 1.165) is 38.5 Å². The van der Waals surface area contributed by atoms with Gasteiger partial charge < -0.3 is 9.97 Å². The van der Waals surface area contributed by atoms with Crippen LogP contribution in [0.3, 0.4) is 0 Å². The molecule has 0 saturated heterocycles. The van der Waals surface area contributed by atoms with Crippen molar-refractivity contribution in [1.82, 2.24) is 9.97 Å². The Bertz CT molecular complexity index is 1380. The topological polar surface area (TPSA) is 82.8 Å². The van der Waals surface area contributed by atoms with E-state index in [1.807, 2.05) is 45.0 Å². The smallest absolute Gasteiger partial charge is 0.251 e. The van der Waals surface area contributed by atoms with Gasteiger partial charge in [-0.05, 0) is 63.1 Å². The van der Waals surface area contributed by atoms with E-state index in [1.165, 1.54) is 0 Å². The fourth-order valence-corrected chi connectivity index (χ4v) is 3.46. The van der Waals surface area contributed by atoms with Gasteiger partial charge in [0.05, 0.1) is 5.88 Å². The lowest BCUT2D eigenvalue weighted by Crippen LogP contribution is -2.11. The maximum absolute atomic E-state index is 11.6. The molecule has 154 valence electrons. The Labute approximate surface area is 178 Å². The second kappa shape index (κ2) is 8.67. The third-order valence-corrected chi connectivity index (χ3v) is 5.74. The Morgan fingerprint density at radius 2 is 1.30 bits per heavy atom. The largest absolute Gasteiger partial charge is 0.322 e. The summed E-state index contributed by atoms with van der Waals surface area (Å²) in [4.78, 5) is 40.1. The van der Waals surface area contributed by atoms with Crippen molar-refractivity contribution >= 4 is 39.2 Å². The minimum absolute atomic E-state index is 0.0104. The summed E-state index contributed by atoms with van der Waals surface area (Å²) < 4.78 is 0. The van der Waals surface area contributed by atoms with Crippen LogP contribution in [0.25, 0.3) is 21.8 Å². The van der Waals surface area contributed by atoms with E-state index in [-0.39, 0.29) is 22.8 Å². The Morgan fingerprint density at radius 1 is 0.767 bits per heavy atom. The average molecular weight is 423 g/mol. The first kappa shape index (κ1) is 21.5. The highest BCUT2D eigenvalue weighted by Gasteiger charge is 2.09. The maximum Gasteiger partial charge on any atom is 0.251 e. The van der Waals surface area contributed by atoms with Gasteiger partial charge in [0.25, 0.3) is 11.1 Å². The van der Waals surface area contributed by atoms with Crippen LogP contribution >= 0.6 is 11.6 Å². The second-order valence-electron chi connectivity index (χ2n) is 7.27. The van der Waals surface area contributed by atoms with E-state index in [4.69, 9.17) is 11.6 Å². The third-order valence-electron chi connectivity index (χ3n) is 5.50. The number of pyridine rings is 2. The molecule has 4 rings (SSSR count). The molecule has 0 saturated carbocycles. The Morgan fingerprint density at radius 3 is 1.90 bits per heavy atom. The standard InChI is InChI=1S/C13H12ClNO2.C11H11NO/c1-7-8(2)13(17)15-11-4-3-9(5-10(7)11)12(16)6-14;1-7-8(2)11(13)12-10-6-4-3-5-9(7)10/h3-5H,6H2,1-2H3,(H,15,17);3-6H,1-2H3,(H,12,13). The van der Waals surface area contributed by atoms with Gasteiger partial charge in [0.1, 0.15) is 0 Å². The van der Waals surface area contributed by atoms with E-state index in [1.54, 1.807) is 25.1 Å². The molecule has 2 N–H and O–H groups in total. The number of ketones is 1. The average Bonchev–Trinajstić information content (AvgIpc) is 2.76. The van der Waals surface area contributed by atoms with Gasteiger partial charge in [-0.3, -0.25) is 14.4 Å². The van der Waals surface area contributed by atoms with E-state index < -0.39 is 0 Å². The van der Waals surface area contributed by atoms with Crippen LogP contribution in [0, 0.1) is 27.7 Å². The molecule has 0 fully saturated rings. The summed E-state index contributed by atoms with van der Waals surface area (Å²) in [5.41, 5.74) is 5.59. The highest BCUT2D eigenvalue weighted by atomic mass is 35.5. The fourth-order valence-electron chi connectivity index (χ4n) is 3.31. The minimum Gasteiger partial charge on any atom is -0.322 e. The molecular formula is C24H23ClN2O3. The molecule has 2 aromatic heterocycles. The molecule has 4 aromatic rings. The number of aromatic amines is 2. The predicted molar refractivity (Wildman–Crippen MR) is 123 cm³/mol. The van der Waals surface area contributed by atoms with Crippen LogP contribution in [0.15, 0.2) is 52.1 Å². The van der Waals surface area contributed by atoms with Gasteiger partial charge in [-0.2, -0.15) is 0 Å². The van der Waals surface area contributed by atoms with E-state index >= 15 is 0 Å². The number of carbonyl (C=O) groups is 1. The third kappa shape index (κ3) is 4.07. The highest BCUT2D eigenvalue weighted by molar-refractivity contribution is 6.30. The molecule has 5 nitrogen and oxygen atoms in total. The van der Waals surface area contributed by atoms with Gasteiger partial charge in [0.15, 0.2) is 5.78 Å². The van der Waals surface area contributed by atoms with Gasteiger partial charge in [-0.1, -0.05) is 18.2 Å². The maximum atomic E-state index is 11.6. The number of hydrogen-bond donors (Lipinski definition) is 2. The lowest BCUT2D eigenvalue weighted by Gasteiger charge is -2.06. The number of carbonyl (C=O) groups excluding carboxylic acids is 1. The number of nitrogens with one attached hydrogen (secondary N) is 2. The molecule has 0 bridgehead atoms. The number of alkyl halides is 1. The van der Waals surface area contributed by atoms with Crippen molar-refractivity contribution in [2.24, 2.45) is 0 Å². The molecule has 0 spiro atoms. The van der Waals surface area contributed by atoms with Gasteiger partial charge in [0, 0.05) is 38.5 Å². The lowest BCUT2D eigenvalue weighted by atomic mass is 10.0. The number of aromatic nitrogens is 2. The fraction of sp³-hybridized carbons (Fsp3) is 0.208. The van der Waals surface area contributed by atoms with Crippen molar-refractivity contribution in [3.05, 3.63) is 91.0 Å². The normalized spacial score (nSPS) is 10.7. The number of Topliss-reactive ketones (excluding diaryl/α,β-unsaturated/α-hetero) is 1. The molecule has 2 heterocycles. The van der Waals surface area contributed by atoms with Crippen molar-refractivity contribution in [3.8, 4) is 0 Å². The Balaban J connectivity index is 0.000000177. The number of para-hydroxylation sites is 1. The predicted octanol–water partition coefficient (Wildman–Crippen LogP) is 4.71. The molecule has 0 amide bonds. The number of benzene rings is 2. The second-order valence-corrected chi connectivity index (χ2v) is 7.54. The summed E-state index contributed by atoms with van der Waals surface area (Å²) in [6, 6.07) is 13.0. The lowest BCUT2D eigenvalue weighted by molar-refractivity contribution is 0.102. The van der Waals surface area contributed by atoms with Gasteiger partial charge in [0.2, 0.25) is 0 Å². The van der Waals surface area contributed by atoms with Crippen LogP contribution in [0.5, 0.6) is 0 Å². The summed E-state index contributed by atoms with van der Waals surface area (Å²) >= 11 is 5.53. The van der Waals surface area contributed by atoms with Crippen molar-refractivity contribution < 1.29 is 4.79 Å². The number of H-pyrrole nitrogens is 2. The molecule has 0 aliphatic rings. The molecule has 0 radical (unpaired) electrons. The molecule has 6 heteroatoms. The van der Waals surface area contributed by atoms with E-state index in [9.17, 15) is 14.4 Å². The summed E-state index contributed by atoms with van der Waals surface area (Å²) in [7, 11) is 0. The monoisotopic (exact) mass is 422 g/mol. The summed E-state index contributed by atoms with van der Waals surface area (Å²) in [6.45, 7) is 7.47. The van der Waals surface area contributed by atoms with Crippen LogP contribution in [0.1, 0.15) is 32.6 Å². The number of aryl methyl sites for hydroxylation is 2. The number of hydrogen-bond acceptors (Lipinski definition) is 3. The highest BCUT2D eigenvalue weighted by Crippen LogP contribution is 2.19. The van der Waals surface area contributed by atoms with Crippen LogP contribution in [0.2, 0.25) is 0 Å². The van der Waals surface area contributed by atoms with Crippen LogP contribution in [-0.2, 0) is 0 Å². The zero-order chi connectivity index (χ0) is 22.0. The van der Waals surface area contributed by atoms with Gasteiger partial charge in [-0.25, -0.2) is 0 Å². The van der Waals surface area contributed by atoms with Crippen LogP contribution in [-0.4, -0.2) is 21.6 Å². The van der Waals surface area contributed by atoms with Crippen molar-refractivity contribution in [2.45, 2.75) is 27.7 Å². The summed E-state index contributed by atoms with van der Waals surface area (Å²) in [5, 5.41) is 2.01.